The highest BCUT2D eigenvalue weighted by Crippen LogP contribution is 2.43. The number of rotatable bonds is 5. The Morgan fingerprint density at radius 2 is 2.21 bits per heavy atom. The van der Waals surface area contributed by atoms with E-state index in [1.54, 1.807) is 0 Å². The molecule has 2 unspecified atom stereocenters. The topological polar surface area (TPSA) is 29.9 Å². The average molecular weight is 263 g/mol. The van der Waals surface area contributed by atoms with Gasteiger partial charge in [-0.1, -0.05) is 13.8 Å². The molecule has 3 heteroatoms. The highest BCUT2D eigenvalue weighted by Gasteiger charge is 2.34. The number of hydrogen-bond acceptors (Lipinski definition) is 2. The Labute approximate surface area is 117 Å². The van der Waals surface area contributed by atoms with Crippen LogP contribution in [-0.2, 0) is 13.5 Å². The second-order valence-electron chi connectivity index (χ2n) is 7.05. The van der Waals surface area contributed by atoms with E-state index < -0.39 is 0 Å². The third kappa shape index (κ3) is 4.07. The molecule has 1 aliphatic rings. The summed E-state index contributed by atoms with van der Waals surface area (Å²) in [6, 6.07) is 0. The Morgan fingerprint density at radius 1 is 1.42 bits per heavy atom. The van der Waals surface area contributed by atoms with E-state index in [0.717, 1.165) is 11.8 Å². The second kappa shape index (κ2) is 6.08. The van der Waals surface area contributed by atoms with E-state index in [0.29, 0.717) is 5.41 Å². The Hall–Kier alpha value is -0.830. The van der Waals surface area contributed by atoms with Crippen molar-refractivity contribution in [3.05, 3.63) is 18.0 Å². The van der Waals surface area contributed by atoms with Crippen molar-refractivity contribution in [2.45, 2.75) is 46.0 Å². The van der Waals surface area contributed by atoms with Crippen LogP contribution < -0.4 is 5.32 Å². The van der Waals surface area contributed by atoms with E-state index in [2.05, 4.69) is 37.5 Å². The first-order valence-corrected chi connectivity index (χ1v) is 7.62. The van der Waals surface area contributed by atoms with Gasteiger partial charge in [-0.25, -0.2) is 0 Å². The van der Waals surface area contributed by atoms with Crippen LogP contribution in [0.4, 0.5) is 0 Å². The molecule has 1 N–H and O–H groups in total. The summed E-state index contributed by atoms with van der Waals surface area (Å²) in [7, 11) is 4.08. The molecule has 0 amide bonds. The first kappa shape index (κ1) is 14.6. The Morgan fingerprint density at radius 3 is 2.84 bits per heavy atom. The lowest BCUT2D eigenvalue weighted by Crippen LogP contribution is -2.35. The first-order chi connectivity index (χ1) is 9.00. The van der Waals surface area contributed by atoms with Crippen LogP contribution in [0.25, 0.3) is 0 Å². The average Bonchev–Trinajstić information content (AvgIpc) is 2.75. The van der Waals surface area contributed by atoms with Gasteiger partial charge in [-0.2, -0.15) is 5.10 Å². The lowest BCUT2D eigenvalue weighted by atomic mass is 9.66. The quantitative estimate of drug-likeness (QED) is 0.885. The molecule has 1 heterocycles. The maximum absolute atomic E-state index is 4.27. The van der Waals surface area contributed by atoms with Gasteiger partial charge in [-0.15, -0.1) is 0 Å². The van der Waals surface area contributed by atoms with E-state index in [4.69, 9.17) is 0 Å². The monoisotopic (exact) mass is 263 g/mol. The number of nitrogens with zero attached hydrogens (tertiary/aromatic N) is 2. The standard InChI is InChI=1S/C16H29N3/c1-16(2)8-7-15(11-17-3)14(9-16)6-5-13-10-18-19(4)12-13/h10,12,14-15,17H,5-9,11H2,1-4H3. The lowest BCUT2D eigenvalue weighted by Gasteiger charge is -2.41. The fourth-order valence-corrected chi connectivity index (χ4v) is 3.61. The van der Waals surface area contributed by atoms with Gasteiger partial charge in [-0.3, -0.25) is 4.68 Å². The van der Waals surface area contributed by atoms with Gasteiger partial charge in [-0.05, 0) is 68.5 Å². The van der Waals surface area contributed by atoms with Crippen molar-refractivity contribution >= 4 is 0 Å². The molecule has 3 nitrogen and oxygen atoms in total. The minimum Gasteiger partial charge on any atom is -0.319 e. The van der Waals surface area contributed by atoms with E-state index in [1.165, 1.54) is 44.2 Å². The van der Waals surface area contributed by atoms with Crippen LogP contribution in [0.1, 0.15) is 45.1 Å². The van der Waals surface area contributed by atoms with Gasteiger partial charge >= 0.3 is 0 Å². The highest BCUT2D eigenvalue weighted by atomic mass is 15.2. The summed E-state index contributed by atoms with van der Waals surface area (Å²) in [5, 5.41) is 7.65. The van der Waals surface area contributed by atoms with Gasteiger partial charge in [0.1, 0.15) is 0 Å². The van der Waals surface area contributed by atoms with Gasteiger partial charge < -0.3 is 5.32 Å². The molecule has 0 aliphatic heterocycles. The zero-order valence-corrected chi connectivity index (χ0v) is 12.9. The summed E-state index contributed by atoms with van der Waals surface area (Å²) in [5.41, 5.74) is 1.92. The van der Waals surface area contributed by atoms with Gasteiger partial charge in [0.15, 0.2) is 0 Å². The van der Waals surface area contributed by atoms with Crippen LogP contribution in [-0.4, -0.2) is 23.4 Å². The highest BCUT2D eigenvalue weighted by molar-refractivity contribution is 5.04. The predicted molar refractivity (Wildman–Crippen MR) is 80.1 cm³/mol. The fourth-order valence-electron chi connectivity index (χ4n) is 3.61. The predicted octanol–water partition coefficient (Wildman–Crippen LogP) is 3.01. The van der Waals surface area contributed by atoms with E-state index in [9.17, 15) is 0 Å². The molecule has 1 saturated carbocycles. The summed E-state index contributed by atoms with van der Waals surface area (Å²) < 4.78 is 1.91. The molecule has 2 rings (SSSR count). The minimum absolute atomic E-state index is 0.532. The molecule has 1 aromatic heterocycles. The molecule has 0 saturated heterocycles. The Balaban J connectivity index is 1.93. The zero-order valence-electron chi connectivity index (χ0n) is 12.9. The largest absolute Gasteiger partial charge is 0.319 e. The Bertz CT molecular complexity index is 394. The fraction of sp³-hybridized carbons (Fsp3) is 0.812. The smallest absolute Gasteiger partial charge is 0.0521 e. The van der Waals surface area contributed by atoms with Gasteiger partial charge in [0.2, 0.25) is 0 Å². The molecule has 19 heavy (non-hydrogen) atoms. The molecule has 0 radical (unpaired) electrons. The third-order valence-corrected chi connectivity index (χ3v) is 4.70. The summed E-state index contributed by atoms with van der Waals surface area (Å²) in [4.78, 5) is 0. The molecule has 0 spiro atoms. The molecule has 1 aromatic rings. The lowest BCUT2D eigenvalue weighted by molar-refractivity contribution is 0.111. The second-order valence-corrected chi connectivity index (χ2v) is 7.05. The van der Waals surface area contributed by atoms with Gasteiger partial charge in [0, 0.05) is 13.2 Å². The molecule has 1 aliphatic carbocycles. The number of aromatic nitrogens is 2. The molecular weight excluding hydrogens is 234 g/mol. The minimum atomic E-state index is 0.532. The van der Waals surface area contributed by atoms with Crippen LogP contribution in [0.5, 0.6) is 0 Å². The van der Waals surface area contributed by atoms with Crippen LogP contribution in [0.15, 0.2) is 12.4 Å². The summed E-state index contributed by atoms with van der Waals surface area (Å²) in [5.74, 6) is 1.71. The van der Waals surface area contributed by atoms with Crippen molar-refractivity contribution in [3.8, 4) is 0 Å². The first-order valence-electron chi connectivity index (χ1n) is 7.62. The maximum Gasteiger partial charge on any atom is 0.0521 e. The normalized spacial score (nSPS) is 26.5. The molecule has 2 atom stereocenters. The number of nitrogens with one attached hydrogen (secondary N) is 1. The van der Waals surface area contributed by atoms with Crippen LogP contribution in [0.3, 0.4) is 0 Å². The maximum atomic E-state index is 4.27. The third-order valence-electron chi connectivity index (χ3n) is 4.70. The van der Waals surface area contributed by atoms with Crippen LogP contribution in [0.2, 0.25) is 0 Å². The molecule has 1 fully saturated rings. The molecular formula is C16H29N3. The molecule has 108 valence electrons. The van der Waals surface area contributed by atoms with E-state index >= 15 is 0 Å². The molecule has 0 bridgehead atoms. The van der Waals surface area contributed by atoms with Crippen molar-refractivity contribution in [1.82, 2.24) is 15.1 Å². The van der Waals surface area contributed by atoms with Crippen molar-refractivity contribution in [2.24, 2.45) is 24.3 Å². The number of aryl methyl sites for hydroxylation is 2. The Kier molecular flexibility index (Phi) is 4.67. The van der Waals surface area contributed by atoms with Gasteiger partial charge in [0.25, 0.3) is 0 Å². The molecule has 0 aromatic carbocycles. The zero-order chi connectivity index (χ0) is 13.9. The van der Waals surface area contributed by atoms with Crippen LogP contribution in [0, 0.1) is 17.3 Å². The van der Waals surface area contributed by atoms with Gasteiger partial charge in [0.05, 0.1) is 6.20 Å². The summed E-state index contributed by atoms with van der Waals surface area (Å²) in [6.45, 7) is 6.03. The van der Waals surface area contributed by atoms with Crippen molar-refractivity contribution < 1.29 is 0 Å². The van der Waals surface area contributed by atoms with Crippen molar-refractivity contribution in [1.29, 1.82) is 0 Å². The number of hydrogen-bond donors (Lipinski definition) is 1. The van der Waals surface area contributed by atoms with Crippen molar-refractivity contribution in [3.63, 3.8) is 0 Å². The van der Waals surface area contributed by atoms with E-state index in [1.807, 2.05) is 17.9 Å². The van der Waals surface area contributed by atoms with Crippen LogP contribution >= 0.6 is 0 Å². The van der Waals surface area contributed by atoms with E-state index in [-0.39, 0.29) is 0 Å². The SMILES string of the molecule is CNCC1CCC(C)(C)CC1CCc1cnn(C)c1. The summed E-state index contributed by atoms with van der Waals surface area (Å²) in [6.07, 6.45) is 10.8. The van der Waals surface area contributed by atoms with Crippen molar-refractivity contribution in [2.75, 3.05) is 13.6 Å². The summed E-state index contributed by atoms with van der Waals surface area (Å²) >= 11 is 0.